The number of alkyl halides is 3. The fourth-order valence-electron chi connectivity index (χ4n) is 2.26. The number of carbonyl (C=O) groups is 1. The average molecular weight is 427 g/mol. The predicted molar refractivity (Wildman–Crippen MR) is 110 cm³/mol. The van der Waals surface area contributed by atoms with Crippen LogP contribution in [0.3, 0.4) is 0 Å². The molecule has 0 radical (unpaired) electrons. The third kappa shape index (κ3) is 6.35. The first-order valence-electron chi connectivity index (χ1n) is 8.33. The molecule has 8 heteroatoms. The lowest BCUT2D eigenvalue weighted by atomic mass is 10.0. The fraction of sp³-hybridized carbons (Fsp3) is 0.200. The lowest BCUT2D eigenvalue weighted by Crippen LogP contribution is -2.32. The first-order valence-corrected chi connectivity index (χ1v) is 9.11. The van der Waals surface area contributed by atoms with Gasteiger partial charge in [-0.1, -0.05) is 49.7 Å². The van der Waals surface area contributed by atoms with E-state index >= 15 is 0 Å². The number of thiocarbonyl (C=S) groups is 1. The highest BCUT2D eigenvalue weighted by atomic mass is 35.5. The second-order valence-corrected chi connectivity index (χ2v) is 7.11. The Morgan fingerprint density at radius 2 is 1.79 bits per heavy atom. The van der Waals surface area contributed by atoms with Crippen molar-refractivity contribution in [2.45, 2.75) is 25.9 Å². The summed E-state index contributed by atoms with van der Waals surface area (Å²) in [7, 11) is 0. The molecule has 0 bridgehead atoms. The van der Waals surface area contributed by atoms with Gasteiger partial charge >= 0.3 is 6.18 Å². The molecule has 2 aromatic rings. The SMILES string of the molecule is CC(C)c1ccc(/C=C/C(=O)NC(=S)Nc2ccc(C(F)(F)F)cc2Cl)cc1. The first kappa shape index (κ1) is 21.9. The van der Waals surface area contributed by atoms with Crippen LogP contribution < -0.4 is 10.6 Å². The van der Waals surface area contributed by atoms with E-state index in [0.717, 1.165) is 23.8 Å². The molecule has 0 aliphatic heterocycles. The second-order valence-electron chi connectivity index (χ2n) is 6.29. The van der Waals surface area contributed by atoms with Crippen molar-refractivity contribution in [2.24, 2.45) is 0 Å². The van der Waals surface area contributed by atoms with Crippen molar-refractivity contribution < 1.29 is 18.0 Å². The van der Waals surface area contributed by atoms with Crippen LogP contribution in [-0.2, 0) is 11.0 Å². The molecule has 0 spiro atoms. The van der Waals surface area contributed by atoms with Gasteiger partial charge < -0.3 is 5.32 Å². The number of amides is 1. The number of hydrogen-bond acceptors (Lipinski definition) is 2. The van der Waals surface area contributed by atoms with Crippen molar-refractivity contribution in [3.63, 3.8) is 0 Å². The Balaban J connectivity index is 1.94. The zero-order chi connectivity index (χ0) is 20.9. The van der Waals surface area contributed by atoms with Gasteiger partial charge in [-0.15, -0.1) is 0 Å². The van der Waals surface area contributed by atoms with Crippen molar-refractivity contribution in [1.29, 1.82) is 0 Å². The molecule has 0 saturated heterocycles. The maximum atomic E-state index is 12.7. The standard InChI is InChI=1S/C20H18ClF3N2OS/c1-12(2)14-6-3-13(4-7-14)5-10-18(27)26-19(28)25-17-9-8-15(11-16(17)21)20(22,23)24/h3-12H,1-2H3,(H2,25,26,27,28)/b10-5+. The number of anilines is 1. The molecular weight excluding hydrogens is 409 g/mol. The van der Waals surface area contributed by atoms with E-state index in [4.69, 9.17) is 23.8 Å². The summed E-state index contributed by atoms with van der Waals surface area (Å²) in [5, 5.41) is 4.78. The number of rotatable bonds is 4. The van der Waals surface area contributed by atoms with Gasteiger partial charge in [0.15, 0.2) is 5.11 Å². The quantitative estimate of drug-likeness (QED) is 0.464. The normalized spacial score (nSPS) is 11.7. The van der Waals surface area contributed by atoms with Gasteiger partial charge in [-0.05, 0) is 53.5 Å². The Kier molecular flexibility index (Phi) is 7.21. The number of benzene rings is 2. The van der Waals surface area contributed by atoms with E-state index in [1.54, 1.807) is 6.08 Å². The van der Waals surface area contributed by atoms with Crippen LogP contribution in [-0.4, -0.2) is 11.0 Å². The van der Waals surface area contributed by atoms with Crippen LogP contribution in [0.25, 0.3) is 6.08 Å². The Morgan fingerprint density at radius 1 is 1.14 bits per heavy atom. The second kappa shape index (κ2) is 9.21. The maximum absolute atomic E-state index is 12.7. The molecule has 2 aromatic carbocycles. The van der Waals surface area contributed by atoms with Gasteiger partial charge in [0.05, 0.1) is 16.3 Å². The number of halogens is 4. The zero-order valence-corrected chi connectivity index (χ0v) is 16.7. The number of nitrogens with one attached hydrogen (secondary N) is 2. The summed E-state index contributed by atoms with van der Waals surface area (Å²) < 4.78 is 38.0. The van der Waals surface area contributed by atoms with Crippen LogP contribution >= 0.6 is 23.8 Å². The van der Waals surface area contributed by atoms with Gasteiger partial charge in [0.2, 0.25) is 5.91 Å². The fourth-order valence-corrected chi connectivity index (χ4v) is 2.70. The van der Waals surface area contributed by atoms with Crippen LogP contribution in [0.4, 0.5) is 18.9 Å². The molecule has 0 aliphatic rings. The molecule has 28 heavy (non-hydrogen) atoms. The van der Waals surface area contributed by atoms with E-state index in [2.05, 4.69) is 24.5 Å². The summed E-state index contributed by atoms with van der Waals surface area (Å²) in [6, 6.07) is 10.6. The zero-order valence-electron chi connectivity index (χ0n) is 15.1. The average Bonchev–Trinajstić information content (AvgIpc) is 2.61. The van der Waals surface area contributed by atoms with Gasteiger partial charge in [0, 0.05) is 6.08 Å². The lowest BCUT2D eigenvalue weighted by molar-refractivity contribution is -0.137. The molecule has 1 amide bonds. The minimum Gasteiger partial charge on any atom is -0.331 e. The van der Waals surface area contributed by atoms with E-state index in [9.17, 15) is 18.0 Å². The first-order chi connectivity index (χ1) is 13.1. The lowest BCUT2D eigenvalue weighted by Gasteiger charge is -2.12. The highest BCUT2D eigenvalue weighted by Gasteiger charge is 2.30. The Labute approximate surface area is 171 Å². The summed E-state index contributed by atoms with van der Waals surface area (Å²) in [5.74, 6) is -0.0599. The summed E-state index contributed by atoms with van der Waals surface area (Å²) >= 11 is 10.8. The van der Waals surface area contributed by atoms with Crippen molar-refractivity contribution in [3.8, 4) is 0 Å². The molecule has 0 unspecified atom stereocenters. The molecule has 0 heterocycles. The molecule has 0 saturated carbocycles. The van der Waals surface area contributed by atoms with E-state index < -0.39 is 17.6 Å². The molecule has 0 fully saturated rings. The van der Waals surface area contributed by atoms with Crippen molar-refractivity contribution >= 4 is 46.6 Å². The minimum absolute atomic E-state index is 0.0773. The van der Waals surface area contributed by atoms with Gasteiger partial charge in [0.25, 0.3) is 0 Å². The predicted octanol–water partition coefficient (Wildman–Crippen LogP) is 6.01. The third-order valence-corrected chi connectivity index (χ3v) is 4.33. The highest BCUT2D eigenvalue weighted by molar-refractivity contribution is 7.80. The Bertz CT molecular complexity index is 893. The van der Waals surface area contributed by atoms with Gasteiger partial charge in [-0.3, -0.25) is 10.1 Å². The third-order valence-electron chi connectivity index (χ3n) is 3.81. The van der Waals surface area contributed by atoms with Crippen LogP contribution in [0, 0.1) is 0 Å². The van der Waals surface area contributed by atoms with Crippen LogP contribution in [0.1, 0.15) is 36.5 Å². The largest absolute Gasteiger partial charge is 0.416 e. The summed E-state index contributed by atoms with van der Waals surface area (Å²) in [6.45, 7) is 4.18. The van der Waals surface area contributed by atoms with Crippen LogP contribution in [0.15, 0.2) is 48.5 Å². The van der Waals surface area contributed by atoms with Crippen LogP contribution in [0.5, 0.6) is 0 Å². The van der Waals surface area contributed by atoms with Gasteiger partial charge in [-0.25, -0.2) is 0 Å². The van der Waals surface area contributed by atoms with Crippen molar-refractivity contribution in [3.05, 3.63) is 70.3 Å². The topological polar surface area (TPSA) is 41.1 Å². The van der Waals surface area contributed by atoms with Gasteiger partial charge in [-0.2, -0.15) is 13.2 Å². The van der Waals surface area contributed by atoms with Crippen molar-refractivity contribution in [1.82, 2.24) is 5.32 Å². The molecular formula is C20H18ClF3N2OS. The van der Waals surface area contributed by atoms with Crippen molar-refractivity contribution in [2.75, 3.05) is 5.32 Å². The summed E-state index contributed by atoms with van der Waals surface area (Å²) in [5.41, 5.74) is 1.34. The smallest absolute Gasteiger partial charge is 0.331 e. The van der Waals surface area contributed by atoms with E-state index in [1.165, 1.54) is 11.6 Å². The number of carbonyl (C=O) groups excluding carboxylic acids is 1. The summed E-state index contributed by atoms with van der Waals surface area (Å²) in [4.78, 5) is 12.0. The van der Waals surface area contributed by atoms with E-state index in [1.807, 2.05) is 24.3 Å². The molecule has 0 aliphatic carbocycles. The molecule has 2 rings (SSSR count). The monoisotopic (exact) mass is 426 g/mol. The molecule has 148 valence electrons. The van der Waals surface area contributed by atoms with E-state index in [0.29, 0.717) is 5.92 Å². The highest BCUT2D eigenvalue weighted by Crippen LogP contribution is 2.33. The molecule has 3 nitrogen and oxygen atoms in total. The number of hydrogen-bond donors (Lipinski definition) is 2. The Morgan fingerprint density at radius 3 is 2.32 bits per heavy atom. The molecule has 0 atom stereocenters. The van der Waals surface area contributed by atoms with Gasteiger partial charge in [0.1, 0.15) is 0 Å². The molecule has 2 N–H and O–H groups in total. The maximum Gasteiger partial charge on any atom is 0.416 e. The summed E-state index contributed by atoms with van der Waals surface area (Å²) in [6.07, 6.45) is -1.55. The van der Waals surface area contributed by atoms with Crippen LogP contribution in [0.2, 0.25) is 5.02 Å². The molecule has 0 aromatic heterocycles. The Hall–Kier alpha value is -2.38. The van der Waals surface area contributed by atoms with E-state index in [-0.39, 0.29) is 15.8 Å². The minimum atomic E-state index is -4.49.